The first kappa shape index (κ1) is 22.9. The van der Waals surface area contributed by atoms with Crippen molar-refractivity contribution in [3.8, 4) is 11.4 Å². The number of methoxy groups -OCH3 is 1. The Morgan fingerprint density at radius 3 is 2.59 bits per heavy atom. The minimum atomic E-state index is -0.868. The van der Waals surface area contributed by atoms with E-state index < -0.39 is 28.7 Å². The predicted molar refractivity (Wildman–Crippen MR) is 117 cm³/mol. The molecule has 32 heavy (non-hydrogen) atoms. The van der Waals surface area contributed by atoms with Crippen molar-refractivity contribution in [3.63, 3.8) is 0 Å². The van der Waals surface area contributed by atoms with Gasteiger partial charge in [-0.25, -0.2) is 9.18 Å². The monoisotopic (exact) mass is 441 g/mol. The number of likely N-dealkylation sites (N-methyl/N-ethyl adjacent to an activating group) is 1. The molecule has 0 spiro atoms. The molecule has 2 aromatic carbocycles. The van der Waals surface area contributed by atoms with Gasteiger partial charge in [-0.3, -0.25) is 14.2 Å². The van der Waals surface area contributed by atoms with Crippen molar-refractivity contribution in [2.75, 3.05) is 34.3 Å². The van der Waals surface area contributed by atoms with E-state index in [1.165, 1.54) is 25.3 Å². The minimum absolute atomic E-state index is 0.149. The lowest BCUT2D eigenvalue weighted by Gasteiger charge is -2.14. The third-order valence-corrected chi connectivity index (χ3v) is 4.67. The highest BCUT2D eigenvalue weighted by Crippen LogP contribution is 2.13. The lowest BCUT2D eigenvalue weighted by molar-refractivity contribution is 0.0941. The number of aromatic nitrogens is 3. The van der Waals surface area contributed by atoms with Gasteiger partial charge in [0.15, 0.2) is 0 Å². The Morgan fingerprint density at radius 1 is 1.16 bits per heavy atom. The number of nitrogens with one attached hydrogen (secondary N) is 1. The topological polar surface area (TPSA) is 98.5 Å². The van der Waals surface area contributed by atoms with Gasteiger partial charge in [-0.1, -0.05) is 24.3 Å². The van der Waals surface area contributed by atoms with E-state index in [-0.39, 0.29) is 18.8 Å². The number of carbonyl (C=O) groups is 1. The first-order valence-corrected chi connectivity index (χ1v) is 9.86. The molecule has 0 aliphatic heterocycles. The number of ether oxygens (including phenoxy) is 1. The smallest absolute Gasteiger partial charge is 0.352 e. The van der Waals surface area contributed by atoms with Gasteiger partial charge in [-0.2, -0.15) is 9.78 Å². The summed E-state index contributed by atoms with van der Waals surface area (Å²) >= 11 is 0. The number of nitrogens with zero attached hydrogens (tertiary/aromatic N) is 4. The Labute approximate surface area is 183 Å². The van der Waals surface area contributed by atoms with Gasteiger partial charge in [0.25, 0.3) is 11.5 Å². The summed E-state index contributed by atoms with van der Waals surface area (Å²) in [6.45, 7) is 0.655. The summed E-state index contributed by atoms with van der Waals surface area (Å²) in [5, 5.41) is 6.52. The van der Waals surface area contributed by atoms with Crippen molar-refractivity contribution < 1.29 is 13.9 Å². The van der Waals surface area contributed by atoms with Gasteiger partial charge >= 0.3 is 5.69 Å². The standard InChI is InChI=1S/C22H24FN5O4/c1-26(2)12-11-24-20(29)19-21(30)27(14-15-7-6-8-16(13-15)32-3)22(31)28(25-19)18-10-5-4-9-17(18)23/h4-10,13H,11-12,14H2,1-3H3,(H,24,29). The summed E-state index contributed by atoms with van der Waals surface area (Å²) < 4.78 is 21.2. The van der Waals surface area contributed by atoms with E-state index in [0.29, 0.717) is 17.9 Å². The van der Waals surface area contributed by atoms with Crippen LogP contribution < -0.4 is 21.3 Å². The Morgan fingerprint density at radius 2 is 1.91 bits per heavy atom. The van der Waals surface area contributed by atoms with E-state index in [1.807, 2.05) is 19.0 Å². The molecule has 0 fully saturated rings. The highest BCUT2D eigenvalue weighted by Gasteiger charge is 2.21. The van der Waals surface area contributed by atoms with Crippen LogP contribution in [0.1, 0.15) is 16.1 Å². The number of rotatable bonds is 8. The van der Waals surface area contributed by atoms with Crippen LogP contribution in [0.3, 0.4) is 0 Å². The van der Waals surface area contributed by atoms with Gasteiger partial charge in [0, 0.05) is 13.1 Å². The number of hydrogen-bond acceptors (Lipinski definition) is 6. The van der Waals surface area contributed by atoms with Crippen molar-refractivity contribution in [2.24, 2.45) is 0 Å². The maximum Gasteiger partial charge on any atom is 0.352 e. The van der Waals surface area contributed by atoms with E-state index in [4.69, 9.17) is 4.74 Å². The van der Waals surface area contributed by atoms with E-state index >= 15 is 0 Å². The molecular weight excluding hydrogens is 417 g/mol. The summed E-state index contributed by atoms with van der Waals surface area (Å²) in [6, 6.07) is 12.3. The van der Waals surface area contributed by atoms with Crippen LogP contribution in [-0.2, 0) is 6.54 Å². The minimum Gasteiger partial charge on any atom is -0.497 e. The van der Waals surface area contributed by atoms with Crippen LogP contribution >= 0.6 is 0 Å². The molecule has 0 aliphatic rings. The van der Waals surface area contributed by atoms with Crippen LogP contribution in [0.25, 0.3) is 5.69 Å². The quantitative estimate of drug-likeness (QED) is 0.557. The van der Waals surface area contributed by atoms with Crippen LogP contribution in [-0.4, -0.2) is 59.4 Å². The van der Waals surface area contributed by atoms with E-state index in [9.17, 15) is 18.8 Å². The molecule has 0 bridgehead atoms. The maximum absolute atomic E-state index is 14.4. The van der Waals surface area contributed by atoms with Gasteiger partial charge < -0.3 is 15.0 Å². The van der Waals surface area contributed by atoms with Gasteiger partial charge in [-0.05, 0) is 43.9 Å². The largest absolute Gasteiger partial charge is 0.497 e. The maximum atomic E-state index is 14.4. The summed E-state index contributed by atoms with van der Waals surface area (Å²) in [7, 11) is 5.17. The normalized spacial score (nSPS) is 10.9. The second-order valence-electron chi connectivity index (χ2n) is 7.30. The van der Waals surface area contributed by atoms with Crippen molar-refractivity contribution in [1.82, 2.24) is 24.6 Å². The highest BCUT2D eigenvalue weighted by atomic mass is 19.1. The van der Waals surface area contributed by atoms with Gasteiger partial charge in [-0.15, -0.1) is 0 Å². The fourth-order valence-corrected chi connectivity index (χ4v) is 3.01. The van der Waals surface area contributed by atoms with E-state index in [0.717, 1.165) is 15.3 Å². The van der Waals surface area contributed by atoms with Crippen LogP contribution in [0.2, 0.25) is 0 Å². The molecule has 0 atom stereocenters. The summed E-state index contributed by atoms with van der Waals surface area (Å²) in [5.41, 5.74) is -1.82. The third-order valence-electron chi connectivity index (χ3n) is 4.67. The van der Waals surface area contributed by atoms with E-state index in [2.05, 4.69) is 10.4 Å². The first-order valence-electron chi connectivity index (χ1n) is 9.86. The molecule has 0 unspecified atom stereocenters. The number of halogens is 1. The van der Waals surface area contributed by atoms with Crippen LogP contribution in [0.15, 0.2) is 58.1 Å². The van der Waals surface area contributed by atoms with Crippen molar-refractivity contribution in [2.45, 2.75) is 6.54 Å². The molecule has 10 heteroatoms. The Bertz CT molecular complexity index is 1240. The Balaban J connectivity index is 2.13. The second kappa shape index (κ2) is 10.0. The predicted octanol–water partition coefficient (Wildman–Crippen LogP) is 0.882. The van der Waals surface area contributed by atoms with Gasteiger partial charge in [0.05, 0.1) is 13.7 Å². The molecule has 1 N–H and O–H groups in total. The molecular formula is C22H24FN5O4. The lowest BCUT2D eigenvalue weighted by Crippen LogP contribution is -2.46. The van der Waals surface area contributed by atoms with E-state index in [1.54, 1.807) is 24.3 Å². The van der Waals surface area contributed by atoms with Crippen LogP contribution in [0.4, 0.5) is 4.39 Å². The number of carbonyl (C=O) groups excluding carboxylic acids is 1. The zero-order valence-corrected chi connectivity index (χ0v) is 18.0. The highest BCUT2D eigenvalue weighted by molar-refractivity contribution is 5.91. The molecule has 9 nitrogen and oxygen atoms in total. The third kappa shape index (κ3) is 5.09. The molecule has 3 rings (SSSR count). The fraction of sp³-hybridized carbons (Fsp3) is 0.273. The average Bonchev–Trinajstić information content (AvgIpc) is 2.77. The molecule has 1 heterocycles. The zero-order chi connectivity index (χ0) is 23.3. The average molecular weight is 441 g/mol. The Kier molecular flexibility index (Phi) is 7.16. The van der Waals surface area contributed by atoms with Crippen molar-refractivity contribution >= 4 is 5.91 Å². The number of hydrogen-bond donors (Lipinski definition) is 1. The zero-order valence-electron chi connectivity index (χ0n) is 18.0. The summed E-state index contributed by atoms with van der Waals surface area (Å²) in [5.74, 6) is -0.922. The molecule has 1 amide bonds. The van der Waals surface area contributed by atoms with Crippen molar-refractivity contribution in [3.05, 3.63) is 86.4 Å². The first-order chi connectivity index (χ1) is 15.3. The molecule has 1 aromatic heterocycles. The second-order valence-corrected chi connectivity index (χ2v) is 7.30. The molecule has 0 aliphatic carbocycles. The van der Waals surface area contributed by atoms with Gasteiger partial charge in [0.1, 0.15) is 17.3 Å². The molecule has 168 valence electrons. The molecule has 0 radical (unpaired) electrons. The summed E-state index contributed by atoms with van der Waals surface area (Å²) in [6.07, 6.45) is 0. The number of benzene rings is 2. The van der Waals surface area contributed by atoms with Crippen molar-refractivity contribution in [1.29, 1.82) is 0 Å². The molecule has 3 aromatic rings. The number of amides is 1. The van der Waals surface area contributed by atoms with Crippen LogP contribution in [0.5, 0.6) is 5.75 Å². The molecule has 0 saturated heterocycles. The van der Waals surface area contributed by atoms with Crippen LogP contribution in [0, 0.1) is 5.82 Å². The number of para-hydroxylation sites is 1. The fourth-order valence-electron chi connectivity index (χ4n) is 3.01. The van der Waals surface area contributed by atoms with Gasteiger partial charge in [0.2, 0.25) is 5.69 Å². The summed E-state index contributed by atoms with van der Waals surface area (Å²) in [4.78, 5) is 40.7. The SMILES string of the molecule is COc1cccc(Cn2c(=O)c(C(=O)NCCN(C)C)nn(-c3ccccc3F)c2=O)c1. The lowest BCUT2D eigenvalue weighted by atomic mass is 10.2. The molecule has 0 saturated carbocycles. The Hall–Kier alpha value is -3.79.